The Balaban J connectivity index is 1.36. The van der Waals surface area contributed by atoms with Crippen molar-refractivity contribution >= 4 is 47.0 Å². The van der Waals surface area contributed by atoms with Crippen molar-refractivity contribution in [1.29, 1.82) is 0 Å². The molecular weight excluding hydrogens is 526 g/mol. The van der Waals surface area contributed by atoms with E-state index in [1.807, 2.05) is 11.2 Å². The van der Waals surface area contributed by atoms with E-state index < -0.39 is 11.8 Å². The van der Waals surface area contributed by atoms with Crippen molar-refractivity contribution in [3.63, 3.8) is 0 Å². The van der Waals surface area contributed by atoms with Gasteiger partial charge < -0.3 is 15.1 Å². The summed E-state index contributed by atoms with van der Waals surface area (Å²) in [4.78, 5) is 33.1. The van der Waals surface area contributed by atoms with Gasteiger partial charge in [-0.05, 0) is 53.8 Å². The quantitative estimate of drug-likeness (QED) is 0.487. The van der Waals surface area contributed by atoms with Gasteiger partial charge in [-0.1, -0.05) is 41.4 Å². The van der Waals surface area contributed by atoms with E-state index in [0.717, 1.165) is 23.3 Å². The van der Waals surface area contributed by atoms with Gasteiger partial charge in [-0.15, -0.1) is 5.06 Å². The van der Waals surface area contributed by atoms with Gasteiger partial charge in [0.1, 0.15) is 5.82 Å². The first kappa shape index (κ1) is 27.0. The third-order valence-corrected chi connectivity index (χ3v) is 7.95. The molecule has 2 aliphatic heterocycles. The molecule has 0 aliphatic carbocycles. The fraction of sp³-hybridized carbons (Fsp3) is 0.440. The zero-order chi connectivity index (χ0) is 25.7. The first-order valence-corrected chi connectivity index (χ1v) is 13.9. The summed E-state index contributed by atoms with van der Waals surface area (Å²) in [7, 11) is 0. The SMILES string of the molecule is CSCCC1NC2(CCN(OC(=O)NCc3ccc(Cl)c(Cl)c3)CC2)N(Cc2ccc(F)cc2)C1=O. The minimum Gasteiger partial charge on any atom is -0.351 e. The summed E-state index contributed by atoms with van der Waals surface area (Å²) in [6.45, 7) is 1.59. The number of nitrogens with zero attached hydrogens (tertiary/aromatic N) is 2. The van der Waals surface area contributed by atoms with Crippen LogP contribution in [0, 0.1) is 5.82 Å². The van der Waals surface area contributed by atoms with E-state index in [4.69, 9.17) is 28.0 Å². The van der Waals surface area contributed by atoms with Gasteiger partial charge >= 0.3 is 6.09 Å². The Bertz CT molecular complexity index is 1080. The van der Waals surface area contributed by atoms with Crippen molar-refractivity contribution < 1.29 is 18.8 Å². The normalized spacial score (nSPS) is 19.6. The molecule has 0 radical (unpaired) electrons. The van der Waals surface area contributed by atoms with Crippen LogP contribution < -0.4 is 10.6 Å². The van der Waals surface area contributed by atoms with Gasteiger partial charge in [0.15, 0.2) is 0 Å². The highest BCUT2D eigenvalue weighted by molar-refractivity contribution is 7.98. The van der Waals surface area contributed by atoms with E-state index in [-0.39, 0.29) is 24.3 Å². The van der Waals surface area contributed by atoms with Crippen LogP contribution in [0.1, 0.15) is 30.4 Å². The maximum absolute atomic E-state index is 13.4. The molecule has 2 saturated heterocycles. The van der Waals surface area contributed by atoms with Crippen molar-refractivity contribution in [1.82, 2.24) is 20.6 Å². The Kier molecular flexibility index (Phi) is 9.00. The molecule has 2 fully saturated rings. The summed E-state index contributed by atoms with van der Waals surface area (Å²) in [5.74, 6) is 0.625. The van der Waals surface area contributed by atoms with E-state index in [9.17, 15) is 14.0 Å². The molecule has 1 spiro atoms. The Morgan fingerprint density at radius 2 is 1.86 bits per heavy atom. The van der Waals surface area contributed by atoms with Gasteiger partial charge in [-0.2, -0.15) is 11.8 Å². The van der Waals surface area contributed by atoms with E-state index in [1.165, 1.54) is 12.1 Å². The second-order valence-corrected chi connectivity index (χ2v) is 10.8. The zero-order valence-electron chi connectivity index (χ0n) is 19.9. The van der Waals surface area contributed by atoms with Crippen molar-refractivity contribution in [2.45, 2.75) is 44.1 Å². The minimum atomic E-state index is -0.562. The number of nitrogens with one attached hydrogen (secondary N) is 2. The van der Waals surface area contributed by atoms with E-state index in [2.05, 4.69) is 10.6 Å². The lowest BCUT2D eigenvalue weighted by atomic mass is 9.96. The van der Waals surface area contributed by atoms with Crippen LogP contribution in [0.3, 0.4) is 0 Å². The number of rotatable bonds is 8. The monoisotopic (exact) mass is 554 g/mol. The number of hydroxylamine groups is 2. The number of piperidine rings is 1. The van der Waals surface area contributed by atoms with Crippen molar-refractivity contribution in [2.75, 3.05) is 25.1 Å². The smallest absolute Gasteiger partial charge is 0.351 e. The number of hydrogen-bond donors (Lipinski definition) is 2. The number of benzene rings is 2. The van der Waals surface area contributed by atoms with Crippen LogP contribution in [-0.2, 0) is 22.7 Å². The average molecular weight is 556 g/mol. The highest BCUT2D eigenvalue weighted by atomic mass is 35.5. The van der Waals surface area contributed by atoms with Crippen LogP contribution in [0.25, 0.3) is 0 Å². The first-order chi connectivity index (χ1) is 17.3. The minimum absolute atomic E-state index is 0.0575. The molecule has 1 unspecified atom stereocenters. The second kappa shape index (κ2) is 12.0. The Morgan fingerprint density at radius 1 is 1.17 bits per heavy atom. The Hall–Kier alpha value is -2.04. The van der Waals surface area contributed by atoms with Gasteiger partial charge in [-0.3, -0.25) is 10.1 Å². The average Bonchev–Trinajstić information content (AvgIpc) is 3.11. The summed E-state index contributed by atoms with van der Waals surface area (Å²) >= 11 is 13.7. The van der Waals surface area contributed by atoms with Crippen LogP contribution in [0.15, 0.2) is 42.5 Å². The zero-order valence-corrected chi connectivity index (χ0v) is 22.3. The molecule has 194 valence electrons. The van der Waals surface area contributed by atoms with E-state index >= 15 is 0 Å². The molecule has 0 saturated carbocycles. The summed E-state index contributed by atoms with van der Waals surface area (Å²) < 4.78 is 13.4. The van der Waals surface area contributed by atoms with Crippen molar-refractivity contribution in [3.8, 4) is 0 Å². The highest BCUT2D eigenvalue weighted by Crippen LogP contribution is 2.35. The standard InChI is InChI=1S/C25H29Cl2FN4O3S/c1-36-13-8-22-23(33)32(16-17-2-5-19(28)6-3-17)25(30-22)9-11-31(12-10-25)35-24(34)29-15-18-4-7-20(26)21(27)14-18/h2-7,14,22,30H,8-13,15-16H2,1H3,(H,29,34). The summed E-state index contributed by atoms with van der Waals surface area (Å²) in [5.41, 5.74) is 1.14. The Morgan fingerprint density at radius 3 is 2.53 bits per heavy atom. The predicted octanol–water partition coefficient (Wildman–Crippen LogP) is 4.82. The van der Waals surface area contributed by atoms with Gasteiger partial charge in [0.05, 0.1) is 21.7 Å². The largest absolute Gasteiger partial charge is 0.426 e. The molecule has 2 heterocycles. The van der Waals surface area contributed by atoms with Gasteiger partial charge in [0, 0.05) is 39.0 Å². The van der Waals surface area contributed by atoms with E-state index in [0.29, 0.717) is 42.5 Å². The van der Waals surface area contributed by atoms with Crippen molar-refractivity contribution in [3.05, 3.63) is 69.5 Å². The molecule has 4 rings (SSSR count). The lowest BCUT2D eigenvalue weighted by Crippen LogP contribution is -2.59. The molecule has 11 heteroatoms. The third-order valence-electron chi connectivity index (χ3n) is 6.57. The van der Waals surface area contributed by atoms with Crippen LogP contribution in [-0.4, -0.2) is 58.8 Å². The number of carbonyl (C=O) groups is 2. The topological polar surface area (TPSA) is 73.9 Å². The van der Waals surface area contributed by atoms with Gasteiger partial charge in [-0.25, -0.2) is 9.18 Å². The molecule has 0 bridgehead atoms. The van der Waals surface area contributed by atoms with Gasteiger partial charge in [0.25, 0.3) is 0 Å². The molecule has 2 aromatic carbocycles. The number of halogens is 3. The summed E-state index contributed by atoms with van der Waals surface area (Å²) in [6.07, 6.45) is 3.38. The molecule has 36 heavy (non-hydrogen) atoms. The molecule has 0 aromatic heterocycles. The molecule has 2 aromatic rings. The third kappa shape index (κ3) is 6.44. The lowest BCUT2D eigenvalue weighted by molar-refractivity contribution is -0.148. The van der Waals surface area contributed by atoms with Crippen LogP contribution in [0.4, 0.5) is 9.18 Å². The molecule has 7 nitrogen and oxygen atoms in total. The van der Waals surface area contributed by atoms with Crippen LogP contribution in [0.5, 0.6) is 0 Å². The summed E-state index contributed by atoms with van der Waals surface area (Å²) in [6, 6.07) is 11.1. The molecular formula is C25H29Cl2FN4O3S. The van der Waals surface area contributed by atoms with Crippen molar-refractivity contribution in [2.24, 2.45) is 0 Å². The maximum Gasteiger partial charge on any atom is 0.426 e. The van der Waals surface area contributed by atoms with Gasteiger partial charge in [0.2, 0.25) is 5.91 Å². The number of amides is 2. The highest BCUT2D eigenvalue weighted by Gasteiger charge is 2.51. The number of hydrogen-bond acceptors (Lipinski definition) is 6. The fourth-order valence-corrected chi connectivity index (χ4v) is 5.42. The maximum atomic E-state index is 13.4. The van der Waals surface area contributed by atoms with E-state index in [1.54, 1.807) is 47.2 Å². The molecule has 1 atom stereocenters. The predicted molar refractivity (Wildman–Crippen MR) is 140 cm³/mol. The fourth-order valence-electron chi connectivity index (χ4n) is 4.63. The number of carbonyl (C=O) groups excluding carboxylic acids is 2. The Labute approximate surface area is 224 Å². The number of thioether (sulfide) groups is 1. The van der Waals surface area contributed by atoms with Crippen LogP contribution >= 0.6 is 35.0 Å². The first-order valence-electron chi connectivity index (χ1n) is 11.8. The summed E-state index contributed by atoms with van der Waals surface area (Å²) in [5, 5.41) is 8.80. The molecule has 2 amide bonds. The second-order valence-electron chi connectivity index (χ2n) is 8.97. The lowest BCUT2D eigenvalue weighted by Gasteiger charge is -2.43. The molecule has 2 aliphatic rings. The molecule has 2 N–H and O–H groups in total. The van der Waals surface area contributed by atoms with Crippen LogP contribution in [0.2, 0.25) is 10.0 Å².